The normalized spacial score (nSPS) is 37.4. The second kappa shape index (κ2) is 3.79. The fourth-order valence-corrected chi connectivity index (χ4v) is 3.96. The summed E-state index contributed by atoms with van der Waals surface area (Å²) in [5.74, 6) is -1.75. The summed E-state index contributed by atoms with van der Waals surface area (Å²) < 4.78 is 5.52. The van der Waals surface area contributed by atoms with Crippen LogP contribution < -0.4 is 0 Å². The van der Waals surface area contributed by atoms with Crippen LogP contribution in [0.15, 0.2) is 0 Å². The lowest BCUT2D eigenvalue weighted by Crippen LogP contribution is -2.57. The summed E-state index contributed by atoms with van der Waals surface area (Å²) in [4.78, 5) is 39.6. The molecule has 0 bridgehead atoms. The molecule has 6 nitrogen and oxygen atoms in total. The molecule has 3 aliphatic rings. The van der Waals surface area contributed by atoms with Crippen molar-refractivity contribution in [2.45, 2.75) is 50.9 Å². The Morgan fingerprint density at radius 1 is 1.16 bits per heavy atom. The molecule has 6 heteroatoms. The molecule has 3 saturated heterocycles. The average Bonchev–Trinajstić information content (AvgIpc) is 2.94. The van der Waals surface area contributed by atoms with Crippen molar-refractivity contribution >= 4 is 17.7 Å². The molecule has 0 aromatic heterocycles. The van der Waals surface area contributed by atoms with Crippen LogP contribution in [0.1, 0.15) is 39.5 Å². The third kappa shape index (κ3) is 1.32. The number of nitrogens with zero attached hydrogens (tertiary/aromatic N) is 2. The molecule has 2 unspecified atom stereocenters. The predicted octanol–water partition coefficient (Wildman–Crippen LogP) is 0.263. The summed E-state index contributed by atoms with van der Waals surface area (Å²) in [6.07, 6.45) is 2.69. The zero-order chi connectivity index (χ0) is 13.8. The number of hydrogen-bond acceptors (Lipinski definition) is 5. The first-order chi connectivity index (χ1) is 8.95. The highest BCUT2D eigenvalue weighted by Gasteiger charge is 2.71. The Hall–Kier alpha value is -1.43. The van der Waals surface area contributed by atoms with Crippen molar-refractivity contribution in [2.75, 3.05) is 13.1 Å². The first-order valence-electron chi connectivity index (χ1n) is 6.75. The van der Waals surface area contributed by atoms with Gasteiger partial charge in [-0.1, -0.05) is 0 Å². The Labute approximate surface area is 111 Å². The van der Waals surface area contributed by atoms with Crippen molar-refractivity contribution in [3.63, 3.8) is 0 Å². The van der Waals surface area contributed by atoms with Gasteiger partial charge in [0.1, 0.15) is 0 Å². The molecule has 0 aromatic carbocycles. The number of carbonyl (C=O) groups excluding carboxylic acids is 3. The summed E-state index contributed by atoms with van der Waals surface area (Å²) in [7, 11) is 0. The number of esters is 1. The van der Waals surface area contributed by atoms with Gasteiger partial charge in [-0.3, -0.25) is 19.3 Å². The third-order valence-corrected chi connectivity index (χ3v) is 4.60. The third-order valence-electron chi connectivity index (χ3n) is 4.60. The predicted molar refractivity (Wildman–Crippen MR) is 64.8 cm³/mol. The zero-order valence-corrected chi connectivity index (χ0v) is 11.3. The van der Waals surface area contributed by atoms with E-state index in [1.165, 1.54) is 13.8 Å². The first-order valence-corrected chi connectivity index (χ1v) is 6.75. The Morgan fingerprint density at radius 2 is 1.84 bits per heavy atom. The fourth-order valence-electron chi connectivity index (χ4n) is 3.96. The second-order valence-electron chi connectivity index (χ2n) is 5.57. The van der Waals surface area contributed by atoms with Crippen LogP contribution in [-0.2, 0) is 19.1 Å². The maximum absolute atomic E-state index is 12.7. The van der Waals surface area contributed by atoms with Gasteiger partial charge in [-0.05, 0) is 26.2 Å². The van der Waals surface area contributed by atoms with Crippen LogP contribution in [0.25, 0.3) is 0 Å². The molecule has 104 valence electrons. The van der Waals surface area contributed by atoms with E-state index >= 15 is 0 Å². The zero-order valence-electron chi connectivity index (χ0n) is 11.3. The Bertz CT molecular complexity index is 477. The number of fused-ring (bicyclic) bond motifs is 3. The van der Waals surface area contributed by atoms with Crippen molar-refractivity contribution < 1.29 is 19.1 Å². The molecule has 1 amide bonds. The molecule has 2 atom stereocenters. The molecular weight excluding hydrogens is 248 g/mol. The van der Waals surface area contributed by atoms with Gasteiger partial charge in [-0.15, -0.1) is 0 Å². The lowest BCUT2D eigenvalue weighted by atomic mass is 9.91. The van der Waals surface area contributed by atoms with E-state index in [-0.39, 0.29) is 11.7 Å². The Morgan fingerprint density at radius 3 is 2.47 bits per heavy atom. The minimum Gasteiger partial charge on any atom is -0.425 e. The van der Waals surface area contributed by atoms with Gasteiger partial charge >= 0.3 is 5.97 Å². The number of carbonyl (C=O) groups is 3. The van der Waals surface area contributed by atoms with E-state index in [0.717, 1.165) is 12.8 Å². The van der Waals surface area contributed by atoms with Gasteiger partial charge in [-0.25, -0.2) is 4.90 Å². The smallest absolute Gasteiger partial charge is 0.305 e. The number of ketones is 1. The van der Waals surface area contributed by atoms with Crippen LogP contribution in [-0.4, -0.2) is 51.9 Å². The summed E-state index contributed by atoms with van der Waals surface area (Å²) >= 11 is 0. The fraction of sp³-hybridized carbons (Fsp3) is 0.769. The largest absolute Gasteiger partial charge is 0.425 e. The van der Waals surface area contributed by atoms with E-state index in [0.29, 0.717) is 25.9 Å². The quantitative estimate of drug-likeness (QED) is 0.530. The average molecular weight is 266 g/mol. The van der Waals surface area contributed by atoms with Gasteiger partial charge in [0.15, 0.2) is 11.3 Å². The molecule has 0 aromatic rings. The van der Waals surface area contributed by atoms with Gasteiger partial charge in [-0.2, -0.15) is 0 Å². The highest BCUT2D eigenvalue weighted by molar-refractivity contribution is 6.12. The van der Waals surface area contributed by atoms with Crippen molar-refractivity contribution in [1.82, 2.24) is 9.80 Å². The monoisotopic (exact) mass is 266 g/mol. The molecule has 0 N–H and O–H groups in total. The van der Waals surface area contributed by atoms with E-state index < -0.39 is 17.4 Å². The number of Topliss-reactive ketones (excluding diaryl/α,β-unsaturated/α-hetero) is 1. The maximum atomic E-state index is 12.7. The lowest BCUT2D eigenvalue weighted by Gasteiger charge is -2.38. The first kappa shape index (κ1) is 12.6. The second-order valence-corrected chi connectivity index (χ2v) is 5.57. The van der Waals surface area contributed by atoms with Crippen LogP contribution in [0, 0.1) is 0 Å². The van der Waals surface area contributed by atoms with E-state index in [9.17, 15) is 14.4 Å². The van der Waals surface area contributed by atoms with Crippen LogP contribution in [0.4, 0.5) is 0 Å². The van der Waals surface area contributed by atoms with Crippen LogP contribution >= 0.6 is 0 Å². The van der Waals surface area contributed by atoms with Crippen LogP contribution in [0.5, 0.6) is 0 Å². The molecule has 3 rings (SSSR count). The van der Waals surface area contributed by atoms with Crippen molar-refractivity contribution in [2.24, 2.45) is 0 Å². The van der Waals surface area contributed by atoms with E-state index in [2.05, 4.69) is 0 Å². The highest BCUT2D eigenvalue weighted by atomic mass is 16.6. The SMILES string of the molecule is CC(=O)OC12CCCN1C(=O)C1(C(C)=O)CCCN12. The number of amides is 1. The maximum Gasteiger partial charge on any atom is 0.305 e. The number of rotatable bonds is 2. The summed E-state index contributed by atoms with van der Waals surface area (Å²) in [6.45, 7) is 3.98. The van der Waals surface area contributed by atoms with E-state index in [1.807, 2.05) is 4.90 Å². The topological polar surface area (TPSA) is 66.9 Å². The van der Waals surface area contributed by atoms with Crippen molar-refractivity contribution in [3.8, 4) is 0 Å². The van der Waals surface area contributed by atoms with Crippen molar-refractivity contribution in [1.29, 1.82) is 0 Å². The Balaban J connectivity index is 2.11. The van der Waals surface area contributed by atoms with Gasteiger partial charge in [0.2, 0.25) is 5.85 Å². The van der Waals surface area contributed by atoms with Gasteiger partial charge in [0.05, 0.1) is 0 Å². The van der Waals surface area contributed by atoms with Crippen LogP contribution in [0.3, 0.4) is 0 Å². The summed E-state index contributed by atoms with van der Waals surface area (Å²) in [6, 6.07) is 0. The summed E-state index contributed by atoms with van der Waals surface area (Å²) in [5.41, 5.74) is -1.09. The molecule has 3 heterocycles. The molecule has 0 spiro atoms. The Kier molecular flexibility index (Phi) is 2.51. The van der Waals surface area contributed by atoms with Gasteiger partial charge < -0.3 is 4.74 Å². The molecule has 0 aliphatic carbocycles. The number of hydrogen-bond donors (Lipinski definition) is 0. The summed E-state index contributed by atoms with van der Waals surface area (Å²) in [5, 5.41) is 0. The van der Waals surface area contributed by atoms with E-state index in [4.69, 9.17) is 4.74 Å². The molecule has 3 aliphatic heterocycles. The van der Waals surface area contributed by atoms with Gasteiger partial charge in [0.25, 0.3) is 5.91 Å². The van der Waals surface area contributed by atoms with Gasteiger partial charge in [0, 0.05) is 26.4 Å². The number of ether oxygens (including phenoxy) is 1. The standard InChI is InChI=1S/C13H18N2O4/c1-9(16)12-5-3-8-15(12)13(19-10(2)17)6-4-7-14(13)11(12)18/h3-8H2,1-2H3. The molecule has 0 radical (unpaired) electrons. The highest BCUT2D eigenvalue weighted by Crippen LogP contribution is 2.51. The lowest BCUT2D eigenvalue weighted by molar-refractivity contribution is -0.207. The minimum atomic E-state index is -1.09. The van der Waals surface area contributed by atoms with E-state index in [1.54, 1.807) is 4.90 Å². The minimum absolute atomic E-state index is 0.143. The van der Waals surface area contributed by atoms with Crippen LogP contribution in [0.2, 0.25) is 0 Å². The molecule has 3 fully saturated rings. The molecule has 19 heavy (non-hydrogen) atoms. The molecular formula is C13H18N2O4. The van der Waals surface area contributed by atoms with Crippen molar-refractivity contribution in [3.05, 3.63) is 0 Å². The molecule has 0 saturated carbocycles.